The van der Waals surface area contributed by atoms with E-state index in [0.29, 0.717) is 11.1 Å². The average molecular weight is 284 g/mol. The summed E-state index contributed by atoms with van der Waals surface area (Å²) in [7, 11) is 0. The van der Waals surface area contributed by atoms with Gasteiger partial charge in [-0.05, 0) is 30.3 Å². The predicted octanol–water partition coefficient (Wildman–Crippen LogP) is 3.33. The van der Waals surface area contributed by atoms with E-state index in [2.05, 4.69) is 25.3 Å². The molecular weight excluding hydrogens is 274 g/mol. The molecule has 0 amide bonds. The fourth-order valence-corrected chi connectivity index (χ4v) is 1.88. The highest BCUT2D eigenvalue weighted by Gasteiger charge is 2.03. The summed E-state index contributed by atoms with van der Waals surface area (Å²) in [6.07, 6.45) is 6.75. The lowest BCUT2D eigenvalue weighted by Gasteiger charge is -2.06. The molecule has 0 saturated carbocycles. The maximum Gasteiger partial charge on any atom is 0.227 e. The predicted molar refractivity (Wildman–Crippen MR) is 77.8 cm³/mol. The van der Waals surface area contributed by atoms with Gasteiger partial charge in [0, 0.05) is 24.2 Å². The molecule has 6 heteroatoms. The largest absolute Gasteiger partial charge is 0.323 e. The van der Waals surface area contributed by atoms with E-state index in [1.165, 1.54) is 0 Å². The van der Waals surface area contributed by atoms with Crippen molar-refractivity contribution >= 4 is 23.2 Å². The number of rotatable bonds is 3. The summed E-state index contributed by atoms with van der Waals surface area (Å²) in [5.74, 6) is 0.503. The van der Waals surface area contributed by atoms with Crippen LogP contribution < -0.4 is 5.32 Å². The first-order valence-corrected chi connectivity index (χ1v) is 6.31. The molecule has 20 heavy (non-hydrogen) atoms. The van der Waals surface area contributed by atoms with E-state index in [9.17, 15) is 0 Å². The Labute approximate surface area is 120 Å². The molecule has 3 rings (SSSR count). The van der Waals surface area contributed by atoms with Crippen LogP contribution in [0.15, 0.2) is 55.1 Å². The lowest BCUT2D eigenvalue weighted by atomic mass is 10.2. The van der Waals surface area contributed by atoms with Gasteiger partial charge in [-0.3, -0.25) is 4.98 Å². The van der Waals surface area contributed by atoms with Crippen molar-refractivity contribution < 1.29 is 0 Å². The van der Waals surface area contributed by atoms with Crippen LogP contribution in [0.4, 0.5) is 11.6 Å². The second-order valence-electron chi connectivity index (χ2n) is 4.00. The van der Waals surface area contributed by atoms with Crippen LogP contribution in [-0.2, 0) is 0 Å². The van der Waals surface area contributed by atoms with Gasteiger partial charge in [0.25, 0.3) is 0 Å². The first kappa shape index (κ1) is 12.5. The van der Waals surface area contributed by atoms with Crippen molar-refractivity contribution in [1.82, 2.24) is 19.9 Å². The van der Waals surface area contributed by atoms with Crippen molar-refractivity contribution in [2.24, 2.45) is 0 Å². The zero-order valence-electron chi connectivity index (χ0n) is 10.4. The van der Waals surface area contributed by atoms with Crippen molar-refractivity contribution in [2.75, 3.05) is 5.32 Å². The normalized spacial score (nSPS) is 10.2. The van der Waals surface area contributed by atoms with Gasteiger partial charge < -0.3 is 5.32 Å². The van der Waals surface area contributed by atoms with E-state index < -0.39 is 0 Å². The highest BCUT2D eigenvalue weighted by atomic mass is 35.5. The maximum absolute atomic E-state index is 5.89. The van der Waals surface area contributed by atoms with Gasteiger partial charge >= 0.3 is 0 Å². The molecule has 0 saturated heterocycles. The topological polar surface area (TPSA) is 63.6 Å². The van der Waals surface area contributed by atoms with Gasteiger partial charge in [0.05, 0.1) is 17.6 Å². The summed E-state index contributed by atoms with van der Waals surface area (Å²) in [5.41, 5.74) is 2.50. The summed E-state index contributed by atoms with van der Waals surface area (Å²) in [6.45, 7) is 0. The third-order valence-corrected chi connectivity index (χ3v) is 2.80. The second kappa shape index (κ2) is 5.63. The molecule has 3 heterocycles. The minimum atomic E-state index is 0.433. The van der Waals surface area contributed by atoms with Crippen molar-refractivity contribution in [1.29, 1.82) is 0 Å². The Bertz CT molecular complexity index is 718. The SMILES string of the molecule is Clc1cc(-c2ccnc(Nc3cccnc3)n2)ccn1. The smallest absolute Gasteiger partial charge is 0.227 e. The molecule has 3 aromatic rings. The molecule has 0 fully saturated rings. The maximum atomic E-state index is 5.89. The number of pyridine rings is 2. The van der Waals surface area contributed by atoms with Crippen LogP contribution >= 0.6 is 11.6 Å². The number of nitrogens with one attached hydrogen (secondary N) is 1. The fourth-order valence-electron chi connectivity index (χ4n) is 1.71. The Morgan fingerprint density at radius 2 is 1.90 bits per heavy atom. The third-order valence-electron chi connectivity index (χ3n) is 2.60. The minimum Gasteiger partial charge on any atom is -0.323 e. The standard InChI is InChI=1S/C14H10ClN5/c15-13-8-10(3-6-17-13)12-4-7-18-14(20-12)19-11-2-1-5-16-9-11/h1-9H,(H,18,19,20). The summed E-state index contributed by atoms with van der Waals surface area (Å²) >= 11 is 5.89. The third kappa shape index (κ3) is 2.89. The summed E-state index contributed by atoms with van der Waals surface area (Å²) in [6, 6.07) is 9.17. The van der Waals surface area contributed by atoms with E-state index in [1.807, 2.05) is 24.3 Å². The number of hydrogen-bond acceptors (Lipinski definition) is 5. The Morgan fingerprint density at radius 3 is 2.70 bits per heavy atom. The van der Waals surface area contributed by atoms with Crippen LogP contribution in [0.1, 0.15) is 0 Å². The summed E-state index contributed by atoms with van der Waals surface area (Å²) < 4.78 is 0. The first-order valence-electron chi connectivity index (χ1n) is 5.93. The molecule has 0 aliphatic carbocycles. The van der Waals surface area contributed by atoms with Crippen LogP contribution in [0.2, 0.25) is 5.15 Å². The van der Waals surface area contributed by atoms with Crippen molar-refractivity contribution in [3.8, 4) is 11.3 Å². The van der Waals surface area contributed by atoms with E-state index in [0.717, 1.165) is 16.9 Å². The van der Waals surface area contributed by atoms with E-state index >= 15 is 0 Å². The molecule has 0 radical (unpaired) electrons. The summed E-state index contributed by atoms with van der Waals surface area (Å²) in [5, 5.41) is 3.53. The first-order chi connectivity index (χ1) is 9.81. The number of aromatic nitrogens is 4. The molecule has 98 valence electrons. The quantitative estimate of drug-likeness (QED) is 0.747. The number of nitrogens with zero attached hydrogens (tertiary/aromatic N) is 4. The zero-order valence-corrected chi connectivity index (χ0v) is 11.1. The molecule has 0 bridgehead atoms. The van der Waals surface area contributed by atoms with Gasteiger partial charge in [0.15, 0.2) is 0 Å². The minimum absolute atomic E-state index is 0.433. The van der Waals surface area contributed by atoms with Gasteiger partial charge in [-0.2, -0.15) is 0 Å². The lowest BCUT2D eigenvalue weighted by molar-refractivity contribution is 1.16. The number of anilines is 2. The average Bonchev–Trinajstić information content (AvgIpc) is 2.49. The van der Waals surface area contributed by atoms with Gasteiger partial charge in [-0.15, -0.1) is 0 Å². The monoisotopic (exact) mass is 283 g/mol. The van der Waals surface area contributed by atoms with Crippen LogP contribution in [0, 0.1) is 0 Å². The Balaban J connectivity index is 1.90. The van der Waals surface area contributed by atoms with Crippen molar-refractivity contribution in [3.05, 3.63) is 60.3 Å². The van der Waals surface area contributed by atoms with Crippen molar-refractivity contribution in [2.45, 2.75) is 0 Å². The van der Waals surface area contributed by atoms with E-state index in [1.54, 1.807) is 30.9 Å². The van der Waals surface area contributed by atoms with E-state index in [4.69, 9.17) is 11.6 Å². The van der Waals surface area contributed by atoms with Crippen molar-refractivity contribution in [3.63, 3.8) is 0 Å². The molecule has 0 unspecified atom stereocenters. The van der Waals surface area contributed by atoms with E-state index in [-0.39, 0.29) is 0 Å². The van der Waals surface area contributed by atoms with Gasteiger partial charge in [0.1, 0.15) is 5.15 Å². The second-order valence-corrected chi connectivity index (χ2v) is 4.39. The fraction of sp³-hybridized carbons (Fsp3) is 0. The molecule has 5 nitrogen and oxygen atoms in total. The van der Waals surface area contributed by atoms with Gasteiger partial charge in [-0.25, -0.2) is 15.0 Å². The number of halogens is 1. The molecule has 0 spiro atoms. The Hall–Kier alpha value is -2.53. The van der Waals surface area contributed by atoms with Crippen LogP contribution in [-0.4, -0.2) is 19.9 Å². The number of hydrogen-bond donors (Lipinski definition) is 1. The van der Waals surface area contributed by atoms with Crippen LogP contribution in [0.5, 0.6) is 0 Å². The molecule has 0 atom stereocenters. The Kier molecular flexibility index (Phi) is 3.52. The zero-order chi connectivity index (χ0) is 13.8. The molecule has 0 aliphatic heterocycles. The lowest BCUT2D eigenvalue weighted by Crippen LogP contribution is -1.98. The van der Waals surface area contributed by atoms with Gasteiger partial charge in [0.2, 0.25) is 5.95 Å². The highest BCUT2D eigenvalue weighted by Crippen LogP contribution is 2.20. The molecule has 0 aliphatic rings. The van der Waals surface area contributed by atoms with Crippen LogP contribution in [0.25, 0.3) is 11.3 Å². The molecule has 1 N–H and O–H groups in total. The summed E-state index contributed by atoms with van der Waals surface area (Å²) in [4.78, 5) is 16.6. The molecule has 3 aromatic heterocycles. The van der Waals surface area contributed by atoms with Gasteiger partial charge in [-0.1, -0.05) is 11.6 Å². The highest BCUT2D eigenvalue weighted by molar-refractivity contribution is 6.29. The molecular formula is C14H10ClN5. The Morgan fingerprint density at radius 1 is 1.00 bits per heavy atom. The van der Waals surface area contributed by atoms with Crippen LogP contribution in [0.3, 0.4) is 0 Å². The molecule has 0 aromatic carbocycles.